The molecule has 3 heteroatoms. The standard InChI is InChI=1S/C20H40O3/c1-19(16-12-8-5-6-10-14-18-21)15-11-7-3-4-9-13-17-20(22)23-2/h19,21H,3-18H2,1-2H3/t19-/m0/s1. The minimum atomic E-state index is -0.0766. The van der Waals surface area contributed by atoms with Crippen LogP contribution in [0.4, 0.5) is 0 Å². The van der Waals surface area contributed by atoms with Crippen LogP contribution in [0.3, 0.4) is 0 Å². The third-order valence-corrected chi connectivity index (χ3v) is 4.66. The largest absolute Gasteiger partial charge is 0.469 e. The van der Waals surface area contributed by atoms with Crippen LogP contribution >= 0.6 is 0 Å². The van der Waals surface area contributed by atoms with Crippen LogP contribution in [-0.2, 0) is 9.53 Å². The molecule has 0 bridgehead atoms. The third-order valence-electron chi connectivity index (χ3n) is 4.66. The summed E-state index contributed by atoms with van der Waals surface area (Å²) in [6, 6.07) is 0. The fourth-order valence-electron chi connectivity index (χ4n) is 3.03. The molecule has 1 N–H and O–H groups in total. The molecule has 0 rings (SSSR count). The normalized spacial score (nSPS) is 12.3. The van der Waals surface area contributed by atoms with Gasteiger partial charge in [0.15, 0.2) is 0 Å². The molecule has 0 aliphatic rings. The van der Waals surface area contributed by atoms with Gasteiger partial charge in [-0.05, 0) is 18.8 Å². The molecule has 0 aromatic rings. The lowest BCUT2D eigenvalue weighted by Gasteiger charge is -2.11. The molecule has 23 heavy (non-hydrogen) atoms. The van der Waals surface area contributed by atoms with Crippen LogP contribution < -0.4 is 0 Å². The molecular weight excluding hydrogens is 288 g/mol. The van der Waals surface area contributed by atoms with E-state index in [1.807, 2.05) is 0 Å². The van der Waals surface area contributed by atoms with E-state index in [1.165, 1.54) is 77.7 Å². The van der Waals surface area contributed by atoms with Crippen molar-refractivity contribution in [3.8, 4) is 0 Å². The van der Waals surface area contributed by atoms with Gasteiger partial charge in [-0.25, -0.2) is 0 Å². The van der Waals surface area contributed by atoms with Crippen LogP contribution in [-0.4, -0.2) is 24.8 Å². The van der Waals surface area contributed by atoms with Crippen molar-refractivity contribution < 1.29 is 14.6 Å². The van der Waals surface area contributed by atoms with Gasteiger partial charge >= 0.3 is 5.97 Å². The number of hydrogen-bond acceptors (Lipinski definition) is 3. The molecule has 0 radical (unpaired) electrons. The van der Waals surface area contributed by atoms with Gasteiger partial charge in [-0.3, -0.25) is 4.79 Å². The zero-order valence-corrected chi connectivity index (χ0v) is 15.7. The maximum Gasteiger partial charge on any atom is 0.305 e. The van der Waals surface area contributed by atoms with E-state index in [1.54, 1.807) is 0 Å². The van der Waals surface area contributed by atoms with Gasteiger partial charge in [0.25, 0.3) is 0 Å². The summed E-state index contributed by atoms with van der Waals surface area (Å²) in [5.41, 5.74) is 0. The monoisotopic (exact) mass is 328 g/mol. The van der Waals surface area contributed by atoms with Gasteiger partial charge in [0, 0.05) is 13.0 Å². The summed E-state index contributed by atoms with van der Waals surface area (Å²) in [7, 11) is 1.46. The predicted molar refractivity (Wildman–Crippen MR) is 97.5 cm³/mol. The zero-order valence-electron chi connectivity index (χ0n) is 15.7. The van der Waals surface area contributed by atoms with E-state index in [-0.39, 0.29) is 5.97 Å². The summed E-state index contributed by atoms with van der Waals surface area (Å²) >= 11 is 0. The number of carbonyl (C=O) groups is 1. The van der Waals surface area contributed by atoms with E-state index in [9.17, 15) is 4.79 Å². The molecule has 0 amide bonds. The first-order valence-electron chi connectivity index (χ1n) is 9.88. The highest BCUT2D eigenvalue weighted by Crippen LogP contribution is 2.18. The predicted octanol–water partition coefficient (Wildman–Crippen LogP) is 5.64. The summed E-state index contributed by atoms with van der Waals surface area (Å²) in [5, 5.41) is 8.72. The lowest BCUT2D eigenvalue weighted by Crippen LogP contribution is -1.99. The van der Waals surface area contributed by atoms with Crippen molar-refractivity contribution in [1.29, 1.82) is 0 Å². The van der Waals surface area contributed by atoms with Crippen molar-refractivity contribution in [2.75, 3.05) is 13.7 Å². The number of carbonyl (C=O) groups excluding carboxylic acids is 1. The molecule has 1 atom stereocenters. The van der Waals surface area contributed by atoms with Crippen LogP contribution in [0.1, 0.15) is 103 Å². The maximum atomic E-state index is 11.0. The van der Waals surface area contributed by atoms with E-state index < -0.39 is 0 Å². The molecule has 0 spiro atoms. The fourth-order valence-corrected chi connectivity index (χ4v) is 3.03. The van der Waals surface area contributed by atoms with Crippen LogP contribution in [0.15, 0.2) is 0 Å². The van der Waals surface area contributed by atoms with Gasteiger partial charge in [-0.2, -0.15) is 0 Å². The van der Waals surface area contributed by atoms with Gasteiger partial charge < -0.3 is 9.84 Å². The average molecular weight is 329 g/mol. The smallest absolute Gasteiger partial charge is 0.305 e. The molecule has 0 saturated heterocycles. The van der Waals surface area contributed by atoms with Crippen LogP contribution in [0.2, 0.25) is 0 Å². The number of esters is 1. The fraction of sp³-hybridized carbons (Fsp3) is 0.950. The van der Waals surface area contributed by atoms with Crippen molar-refractivity contribution in [2.45, 2.75) is 103 Å². The van der Waals surface area contributed by atoms with Gasteiger partial charge in [-0.1, -0.05) is 84.0 Å². The van der Waals surface area contributed by atoms with Crippen molar-refractivity contribution in [2.24, 2.45) is 5.92 Å². The Morgan fingerprint density at radius 1 is 0.783 bits per heavy atom. The van der Waals surface area contributed by atoms with E-state index in [2.05, 4.69) is 11.7 Å². The summed E-state index contributed by atoms with van der Waals surface area (Å²) in [6.07, 6.45) is 18.2. The second kappa shape index (κ2) is 17.8. The topological polar surface area (TPSA) is 46.5 Å². The van der Waals surface area contributed by atoms with Gasteiger partial charge in [0.2, 0.25) is 0 Å². The third kappa shape index (κ3) is 17.6. The second-order valence-corrected chi connectivity index (χ2v) is 6.97. The molecule has 3 nitrogen and oxygen atoms in total. The second-order valence-electron chi connectivity index (χ2n) is 6.97. The minimum absolute atomic E-state index is 0.0766. The molecule has 0 aliphatic carbocycles. The highest BCUT2D eigenvalue weighted by Gasteiger charge is 2.03. The van der Waals surface area contributed by atoms with Gasteiger partial charge in [0.1, 0.15) is 0 Å². The SMILES string of the molecule is COC(=O)CCCCCCCC[C@H](C)CCCCCCCCO. The van der Waals surface area contributed by atoms with Crippen LogP contribution in [0.25, 0.3) is 0 Å². The first-order chi connectivity index (χ1) is 11.2. The molecule has 0 aromatic carbocycles. The molecule has 0 unspecified atom stereocenters. The van der Waals surface area contributed by atoms with E-state index in [0.29, 0.717) is 13.0 Å². The Morgan fingerprint density at radius 3 is 1.70 bits per heavy atom. The Hall–Kier alpha value is -0.570. The van der Waals surface area contributed by atoms with Crippen molar-refractivity contribution in [3.63, 3.8) is 0 Å². The first-order valence-corrected chi connectivity index (χ1v) is 9.88. The number of methoxy groups -OCH3 is 1. The van der Waals surface area contributed by atoms with E-state index >= 15 is 0 Å². The molecule has 0 fully saturated rings. The highest BCUT2D eigenvalue weighted by molar-refractivity contribution is 5.68. The molecule has 0 aromatic heterocycles. The maximum absolute atomic E-state index is 11.0. The molecular formula is C20H40O3. The number of ether oxygens (including phenoxy) is 1. The summed E-state index contributed by atoms with van der Waals surface area (Å²) < 4.78 is 4.64. The van der Waals surface area contributed by atoms with Gasteiger partial charge in [-0.15, -0.1) is 0 Å². The Labute approximate surface area is 144 Å². The van der Waals surface area contributed by atoms with Gasteiger partial charge in [0.05, 0.1) is 7.11 Å². The Balaban J connectivity index is 3.18. The summed E-state index contributed by atoms with van der Waals surface area (Å²) in [5.74, 6) is 0.791. The Morgan fingerprint density at radius 2 is 1.22 bits per heavy atom. The summed E-state index contributed by atoms with van der Waals surface area (Å²) in [4.78, 5) is 11.0. The highest BCUT2D eigenvalue weighted by atomic mass is 16.5. The number of aliphatic hydroxyl groups is 1. The number of unbranched alkanes of at least 4 members (excludes halogenated alkanes) is 10. The number of rotatable bonds is 17. The lowest BCUT2D eigenvalue weighted by atomic mass is 9.96. The van der Waals surface area contributed by atoms with Crippen molar-refractivity contribution in [1.82, 2.24) is 0 Å². The molecule has 138 valence electrons. The average Bonchev–Trinajstić information content (AvgIpc) is 2.56. The molecule has 0 heterocycles. The quantitative estimate of drug-likeness (QED) is 0.278. The van der Waals surface area contributed by atoms with E-state index in [4.69, 9.17) is 5.11 Å². The number of hydrogen-bond donors (Lipinski definition) is 1. The number of aliphatic hydroxyl groups excluding tert-OH is 1. The minimum Gasteiger partial charge on any atom is -0.469 e. The van der Waals surface area contributed by atoms with E-state index in [0.717, 1.165) is 25.2 Å². The Kier molecular flexibility index (Phi) is 17.3. The molecule has 0 aliphatic heterocycles. The van der Waals surface area contributed by atoms with Crippen LogP contribution in [0, 0.1) is 5.92 Å². The first kappa shape index (κ1) is 22.4. The van der Waals surface area contributed by atoms with Crippen LogP contribution in [0.5, 0.6) is 0 Å². The van der Waals surface area contributed by atoms with Crippen molar-refractivity contribution in [3.05, 3.63) is 0 Å². The van der Waals surface area contributed by atoms with Crippen molar-refractivity contribution >= 4 is 5.97 Å². The molecule has 0 saturated carbocycles. The summed E-state index contributed by atoms with van der Waals surface area (Å²) in [6.45, 7) is 2.74. The Bertz CT molecular complexity index is 253. The lowest BCUT2D eigenvalue weighted by molar-refractivity contribution is -0.140. The zero-order chi connectivity index (χ0) is 17.2.